The minimum absolute atomic E-state index is 0.0214. The Labute approximate surface area is 165 Å². The van der Waals surface area contributed by atoms with E-state index in [0.717, 1.165) is 12.0 Å². The molecule has 0 aliphatic carbocycles. The lowest BCUT2D eigenvalue weighted by molar-refractivity contribution is 0.0729. The highest BCUT2D eigenvalue weighted by Gasteiger charge is 2.30. The number of rotatable bonds is 6. The van der Waals surface area contributed by atoms with Crippen LogP contribution >= 0.6 is 0 Å². The van der Waals surface area contributed by atoms with Crippen molar-refractivity contribution in [3.63, 3.8) is 0 Å². The van der Waals surface area contributed by atoms with Crippen LogP contribution in [0.3, 0.4) is 0 Å². The molecule has 1 heterocycles. The number of carbonyl (C=O) groups is 1. The molecule has 0 radical (unpaired) electrons. The molecule has 1 amide bonds. The molecule has 2 aromatic carbocycles. The number of aryl methyl sites for hydroxylation is 1. The normalized spacial score (nSPS) is 15.2. The lowest BCUT2D eigenvalue weighted by Gasteiger charge is -2.26. The van der Waals surface area contributed by atoms with Crippen LogP contribution in [-0.4, -0.2) is 52.0 Å². The first-order chi connectivity index (χ1) is 13.5. The Morgan fingerprint density at radius 3 is 2.61 bits per heavy atom. The summed E-state index contributed by atoms with van der Waals surface area (Å²) in [6.45, 7) is 3.26. The molecule has 0 saturated carbocycles. The van der Waals surface area contributed by atoms with Crippen molar-refractivity contribution < 1.29 is 22.7 Å². The molecule has 0 unspecified atom stereocenters. The van der Waals surface area contributed by atoms with Crippen LogP contribution in [0.4, 0.5) is 5.69 Å². The van der Waals surface area contributed by atoms with Crippen molar-refractivity contribution in [2.75, 3.05) is 38.7 Å². The molecule has 0 aromatic heterocycles. The van der Waals surface area contributed by atoms with E-state index in [1.807, 2.05) is 25.1 Å². The zero-order chi connectivity index (χ0) is 20.1. The first kappa shape index (κ1) is 20.3. The van der Waals surface area contributed by atoms with Gasteiger partial charge in [-0.2, -0.15) is 4.31 Å². The summed E-state index contributed by atoms with van der Waals surface area (Å²) in [7, 11) is -2.39. The highest BCUT2D eigenvalue weighted by molar-refractivity contribution is 7.89. The number of hydrogen-bond acceptors (Lipinski definition) is 5. The lowest BCUT2D eigenvalue weighted by Crippen LogP contribution is -2.40. The molecule has 0 atom stereocenters. The molecule has 1 aliphatic rings. The van der Waals surface area contributed by atoms with E-state index in [9.17, 15) is 13.2 Å². The van der Waals surface area contributed by atoms with E-state index in [0.29, 0.717) is 18.9 Å². The molecule has 2 aromatic rings. The number of ether oxygens (including phenoxy) is 2. The maximum atomic E-state index is 13.0. The molecule has 150 valence electrons. The third-order valence-corrected chi connectivity index (χ3v) is 6.53. The summed E-state index contributed by atoms with van der Waals surface area (Å²) in [6.07, 6.45) is 0.855. The maximum absolute atomic E-state index is 13.0. The second-order valence-electron chi connectivity index (χ2n) is 6.39. The second-order valence-corrected chi connectivity index (χ2v) is 8.30. The average molecular weight is 404 g/mol. The number of sulfonamides is 1. The smallest absolute Gasteiger partial charge is 0.255 e. The van der Waals surface area contributed by atoms with Crippen LogP contribution < -0.4 is 10.1 Å². The monoisotopic (exact) mass is 404 g/mol. The topological polar surface area (TPSA) is 84.9 Å². The third kappa shape index (κ3) is 4.35. The Morgan fingerprint density at radius 2 is 1.93 bits per heavy atom. The van der Waals surface area contributed by atoms with Gasteiger partial charge in [0.2, 0.25) is 10.0 Å². The number of carbonyl (C=O) groups excluding carboxylic acids is 1. The zero-order valence-corrected chi connectivity index (χ0v) is 16.8. The van der Waals surface area contributed by atoms with Gasteiger partial charge < -0.3 is 14.8 Å². The molecule has 8 heteroatoms. The van der Waals surface area contributed by atoms with Crippen molar-refractivity contribution in [2.24, 2.45) is 0 Å². The number of anilines is 1. The fraction of sp³-hybridized carbons (Fsp3) is 0.350. The van der Waals surface area contributed by atoms with Crippen LogP contribution in [0.1, 0.15) is 22.8 Å². The van der Waals surface area contributed by atoms with Gasteiger partial charge in [0, 0.05) is 24.3 Å². The van der Waals surface area contributed by atoms with E-state index < -0.39 is 10.0 Å². The summed E-state index contributed by atoms with van der Waals surface area (Å²) >= 11 is 0. The van der Waals surface area contributed by atoms with Crippen molar-refractivity contribution in [3.8, 4) is 5.75 Å². The van der Waals surface area contributed by atoms with Gasteiger partial charge in [0.1, 0.15) is 10.6 Å². The fourth-order valence-corrected chi connectivity index (χ4v) is 4.61. The van der Waals surface area contributed by atoms with Crippen LogP contribution in [0.2, 0.25) is 0 Å². The van der Waals surface area contributed by atoms with E-state index in [-0.39, 0.29) is 35.2 Å². The minimum atomic E-state index is -3.80. The van der Waals surface area contributed by atoms with Gasteiger partial charge in [-0.15, -0.1) is 0 Å². The first-order valence-electron chi connectivity index (χ1n) is 9.12. The average Bonchev–Trinajstić information content (AvgIpc) is 2.74. The van der Waals surface area contributed by atoms with Gasteiger partial charge in [-0.05, 0) is 42.3 Å². The molecule has 1 saturated heterocycles. The van der Waals surface area contributed by atoms with E-state index in [1.165, 1.54) is 23.5 Å². The minimum Gasteiger partial charge on any atom is -0.495 e. The molecule has 0 bridgehead atoms. The third-order valence-electron chi connectivity index (χ3n) is 4.61. The van der Waals surface area contributed by atoms with Crippen LogP contribution in [-0.2, 0) is 21.2 Å². The Morgan fingerprint density at radius 1 is 1.18 bits per heavy atom. The van der Waals surface area contributed by atoms with Crippen molar-refractivity contribution >= 4 is 21.6 Å². The molecule has 1 fully saturated rings. The van der Waals surface area contributed by atoms with Crippen LogP contribution in [0.5, 0.6) is 5.75 Å². The largest absolute Gasteiger partial charge is 0.495 e. The Kier molecular flexibility index (Phi) is 6.33. The standard InChI is InChI=1S/C20H24N2O5S/c1-3-15-5-4-6-17(13-15)21-20(23)16-7-8-18(26-2)19(14-16)28(24,25)22-9-11-27-12-10-22/h4-8,13-14H,3,9-12H2,1-2H3,(H,21,23). The number of amides is 1. The number of methoxy groups -OCH3 is 1. The lowest BCUT2D eigenvalue weighted by atomic mass is 10.1. The molecule has 1 N–H and O–H groups in total. The Bertz CT molecular complexity index is 953. The molecular formula is C20H24N2O5S. The van der Waals surface area contributed by atoms with Gasteiger partial charge >= 0.3 is 0 Å². The van der Waals surface area contributed by atoms with Crippen LogP contribution in [0, 0.1) is 0 Å². The number of morpholine rings is 1. The van der Waals surface area contributed by atoms with Gasteiger partial charge in [0.25, 0.3) is 5.91 Å². The summed E-state index contributed by atoms with van der Waals surface area (Å²) < 4.78 is 37.9. The maximum Gasteiger partial charge on any atom is 0.255 e. The fourth-order valence-electron chi connectivity index (χ4n) is 3.02. The van der Waals surface area contributed by atoms with E-state index in [4.69, 9.17) is 9.47 Å². The molecule has 3 rings (SSSR count). The van der Waals surface area contributed by atoms with E-state index in [1.54, 1.807) is 12.1 Å². The van der Waals surface area contributed by atoms with Gasteiger partial charge in [-0.1, -0.05) is 19.1 Å². The molecule has 1 aliphatic heterocycles. The summed E-state index contributed by atoms with van der Waals surface area (Å²) in [5.74, 6) is -0.176. The van der Waals surface area contributed by atoms with E-state index >= 15 is 0 Å². The van der Waals surface area contributed by atoms with Crippen molar-refractivity contribution in [2.45, 2.75) is 18.2 Å². The van der Waals surface area contributed by atoms with Gasteiger partial charge in [0.05, 0.1) is 20.3 Å². The van der Waals surface area contributed by atoms with Crippen molar-refractivity contribution in [3.05, 3.63) is 53.6 Å². The molecule has 28 heavy (non-hydrogen) atoms. The number of hydrogen-bond donors (Lipinski definition) is 1. The second kappa shape index (κ2) is 8.72. The number of nitrogens with zero attached hydrogens (tertiary/aromatic N) is 1. The summed E-state index contributed by atoms with van der Waals surface area (Å²) in [6, 6.07) is 12.0. The quantitative estimate of drug-likeness (QED) is 0.800. The predicted molar refractivity (Wildman–Crippen MR) is 106 cm³/mol. The van der Waals surface area contributed by atoms with Crippen LogP contribution in [0.25, 0.3) is 0 Å². The van der Waals surface area contributed by atoms with Gasteiger partial charge in [-0.25, -0.2) is 8.42 Å². The predicted octanol–water partition coefficient (Wildman–Crippen LogP) is 2.53. The van der Waals surface area contributed by atoms with Gasteiger partial charge in [0.15, 0.2) is 0 Å². The number of nitrogens with one attached hydrogen (secondary N) is 1. The first-order valence-corrected chi connectivity index (χ1v) is 10.6. The Hall–Kier alpha value is -2.42. The van der Waals surface area contributed by atoms with Gasteiger partial charge in [-0.3, -0.25) is 4.79 Å². The molecule has 7 nitrogen and oxygen atoms in total. The summed E-state index contributed by atoms with van der Waals surface area (Å²) in [5.41, 5.74) is 2.01. The van der Waals surface area contributed by atoms with E-state index in [2.05, 4.69) is 5.32 Å². The SMILES string of the molecule is CCc1cccc(NC(=O)c2ccc(OC)c(S(=O)(=O)N3CCOCC3)c2)c1. The van der Waals surface area contributed by atoms with Crippen LogP contribution in [0.15, 0.2) is 47.4 Å². The van der Waals surface area contributed by atoms with Crippen molar-refractivity contribution in [1.29, 1.82) is 0 Å². The van der Waals surface area contributed by atoms with Crippen molar-refractivity contribution in [1.82, 2.24) is 4.31 Å². The zero-order valence-electron chi connectivity index (χ0n) is 16.0. The summed E-state index contributed by atoms with van der Waals surface area (Å²) in [4.78, 5) is 12.7. The number of benzene rings is 2. The Balaban J connectivity index is 1.90. The summed E-state index contributed by atoms with van der Waals surface area (Å²) in [5, 5.41) is 2.82. The highest BCUT2D eigenvalue weighted by Crippen LogP contribution is 2.28. The molecule has 0 spiro atoms. The highest BCUT2D eigenvalue weighted by atomic mass is 32.2. The molecular weight excluding hydrogens is 380 g/mol.